The maximum atomic E-state index is 12.6. The normalized spacial score (nSPS) is 31.4. The van der Waals surface area contributed by atoms with E-state index in [1.807, 2.05) is 4.90 Å². The molecule has 5 heteroatoms. The Morgan fingerprint density at radius 2 is 2.40 bits per heavy atom. The molecule has 108 valence electrons. The minimum absolute atomic E-state index is 0.0754. The SMILES string of the molecule is O=C1N(CCC2CCCO2)C(c2cccs2)NC12CC2. The number of hydrogen-bond acceptors (Lipinski definition) is 4. The number of amides is 1. The van der Waals surface area contributed by atoms with Crippen LogP contribution in [-0.4, -0.2) is 35.6 Å². The second-order valence-electron chi connectivity index (χ2n) is 6.07. The molecule has 1 spiro atoms. The first-order chi connectivity index (χ1) is 9.78. The summed E-state index contributed by atoms with van der Waals surface area (Å²) >= 11 is 1.72. The van der Waals surface area contributed by atoms with E-state index in [9.17, 15) is 4.79 Å². The summed E-state index contributed by atoms with van der Waals surface area (Å²) in [4.78, 5) is 15.9. The van der Waals surface area contributed by atoms with E-state index in [2.05, 4.69) is 22.8 Å². The van der Waals surface area contributed by atoms with Crippen molar-refractivity contribution in [3.05, 3.63) is 22.4 Å². The Balaban J connectivity index is 1.49. The molecule has 3 heterocycles. The van der Waals surface area contributed by atoms with E-state index in [4.69, 9.17) is 4.74 Å². The molecule has 3 fully saturated rings. The monoisotopic (exact) mass is 292 g/mol. The fourth-order valence-corrected chi connectivity index (χ4v) is 4.12. The average Bonchev–Trinajstić information content (AvgIpc) is 2.90. The van der Waals surface area contributed by atoms with Gasteiger partial charge in [0.25, 0.3) is 0 Å². The Hall–Kier alpha value is -0.910. The van der Waals surface area contributed by atoms with Gasteiger partial charge in [0.05, 0.1) is 6.10 Å². The number of carbonyl (C=O) groups is 1. The van der Waals surface area contributed by atoms with Gasteiger partial charge < -0.3 is 9.64 Å². The van der Waals surface area contributed by atoms with Crippen molar-refractivity contribution in [3.63, 3.8) is 0 Å². The Morgan fingerprint density at radius 1 is 1.50 bits per heavy atom. The molecule has 0 aromatic carbocycles. The maximum Gasteiger partial charge on any atom is 0.244 e. The molecule has 2 aliphatic heterocycles. The summed E-state index contributed by atoms with van der Waals surface area (Å²) in [6.07, 6.45) is 5.67. The van der Waals surface area contributed by atoms with Crippen LogP contribution in [0.1, 0.15) is 43.1 Å². The van der Waals surface area contributed by atoms with Crippen LogP contribution in [0.2, 0.25) is 0 Å². The van der Waals surface area contributed by atoms with Crippen LogP contribution in [0.3, 0.4) is 0 Å². The molecule has 0 radical (unpaired) electrons. The van der Waals surface area contributed by atoms with Crippen molar-refractivity contribution in [2.45, 2.75) is 49.9 Å². The van der Waals surface area contributed by atoms with E-state index in [0.29, 0.717) is 12.0 Å². The molecule has 1 N–H and O–H groups in total. The van der Waals surface area contributed by atoms with Crippen molar-refractivity contribution in [2.24, 2.45) is 0 Å². The molecular formula is C15H20N2O2S. The van der Waals surface area contributed by atoms with Crippen LogP contribution in [0.15, 0.2) is 17.5 Å². The van der Waals surface area contributed by atoms with Gasteiger partial charge in [-0.3, -0.25) is 10.1 Å². The summed E-state index contributed by atoms with van der Waals surface area (Å²) in [6, 6.07) is 4.18. The van der Waals surface area contributed by atoms with E-state index in [-0.39, 0.29) is 11.7 Å². The highest BCUT2D eigenvalue weighted by Crippen LogP contribution is 2.46. The van der Waals surface area contributed by atoms with Gasteiger partial charge in [-0.05, 0) is 43.6 Å². The van der Waals surface area contributed by atoms with Crippen LogP contribution in [-0.2, 0) is 9.53 Å². The fraction of sp³-hybridized carbons (Fsp3) is 0.667. The fourth-order valence-electron chi connectivity index (χ4n) is 3.33. The van der Waals surface area contributed by atoms with Crippen LogP contribution in [0, 0.1) is 0 Å². The molecule has 1 saturated carbocycles. The number of carbonyl (C=O) groups excluding carboxylic acids is 1. The van der Waals surface area contributed by atoms with Crippen molar-refractivity contribution in [2.75, 3.05) is 13.2 Å². The first-order valence-corrected chi connectivity index (χ1v) is 8.40. The van der Waals surface area contributed by atoms with Crippen molar-refractivity contribution in [1.29, 1.82) is 0 Å². The van der Waals surface area contributed by atoms with Crippen LogP contribution in [0.25, 0.3) is 0 Å². The lowest BCUT2D eigenvalue weighted by Crippen LogP contribution is -2.34. The first kappa shape index (κ1) is 12.8. The summed E-state index contributed by atoms with van der Waals surface area (Å²) in [5, 5.41) is 5.65. The zero-order chi connectivity index (χ0) is 13.6. The van der Waals surface area contributed by atoms with Crippen LogP contribution < -0.4 is 5.32 Å². The zero-order valence-electron chi connectivity index (χ0n) is 11.5. The standard InChI is InChI=1S/C15H20N2O2S/c18-14-15(6-7-15)16-13(12-4-2-10-20-12)17(14)8-5-11-3-1-9-19-11/h2,4,10-11,13,16H,1,3,5-9H2. The highest BCUT2D eigenvalue weighted by atomic mass is 32.1. The van der Waals surface area contributed by atoms with Crippen LogP contribution in [0.5, 0.6) is 0 Å². The van der Waals surface area contributed by atoms with Gasteiger partial charge in [-0.1, -0.05) is 6.07 Å². The number of hydrogen-bond donors (Lipinski definition) is 1. The van der Waals surface area contributed by atoms with Gasteiger partial charge in [-0.2, -0.15) is 0 Å². The summed E-state index contributed by atoms with van der Waals surface area (Å²) in [7, 11) is 0. The van der Waals surface area contributed by atoms with E-state index in [1.54, 1.807) is 11.3 Å². The first-order valence-electron chi connectivity index (χ1n) is 7.52. The zero-order valence-corrected chi connectivity index (χ0v) is 12.3. The topological polar surface area (TPSA) is 41.6 Å². The number of thiophene rings is 1. The Morgan fingerprint density at radius 3 is 3.05 bits per heavy atom. The van der Waals surface area contributed by atoms with Gasteiger partial charge in [-0.15, -0.1) is 11.3 Å². The lowest BCUT2D eigenvalue weighted by atomic mass is 10.1. The second kappa shape index (κ2) is 4.83. The third kappa shape index (κ3) is 2.08. The quantitative estimate of drug-likeness (QED) is 0.925. The molecule has 1 aliphatic carbocycles. The average molecular weight is 292 g/mol. The maximum absolute atomic E-state index is 12.6. The predicted molar refractivity (Wildman–Crippen MR) is 77.5 cm³/mol. The van der Waals surface area contributed by atoms with Crippen molar-refractivity contribution >= 4 is 17.2 Å². The Kier molecular flexibility index (Phi) is 3.09. The van der Waals surface area contributed by atoms with Gasteiger partial charge >= 0.3 is 0 Å². The van der Waals surface area contributed by atoms with E-state index >= 15 is 0 Å². The van der Waals surface area contributed by atoms with Crippen LogP contribution >= 0.6 is 11.3 Å². The second-order valence-corrected chi connectivity index (χ2v) is 7.05. The minimum atomic E-state index is -0.231. The number of ether oxygens (including phenoxy) is 1. The third-order valence-electron chi connectivity index (χ3n) is 4.67. The molecule has 1 aromatic rings. The molecule has 2 atom stereocenters. The molecular weight excluding hydrogens is 272 g/mol. The molecule has 2 unspecified atom stereocenters. The van der Waals surface area contributed by atoms with E-state index in [0.717, 1.165) is 45.3 Å². The van der Waals surface area contributed by atoms with Crippen molar-refractivity contribution < 1.29 is 9.53 Å². The number of nitrogens with zero attached hydrogens (tertiary/aromatic N) is 1. The Bertz CT molecular complexity index is 492. The molecule has 1 amide bonds. The number of nitrogens with one attached hydrogen (secondary N) is 1. The lowest BCUT2D eigenvalue weighted by Gasteiger charge is -2.24. The van der Waals surface area contributed by atoms with Gasteiger partial charge in [-0.25, -0.2) is 0 Å². The molecule has 3 aliphatic rings. The molecule has 0 bridgehead atoms. The van der Waals surface area contributed by atoms with Gasteiger partial charge in [0, 0.05) is 18.0 Å². The van der Waals surface area contributed by atoms with Crippen LogP contribution in [0.4, 0.5) is 0 Å². The van der Waals surface area contributed by atoms with Gasteiger partial charge in [0.15, 0.2) is 0 Å². The molecule has 2 saturated heterocycles. The summed E-state index contributed by atoms with van der Waals surface area (Å²) < 4.78 is 5.69. The minimum Gasteiger partial charge on any atom is -0.378 e. The molecule has 1 aromatic heterocycles. The molecule has 4 nitrogen and oxygen atoms in total. The highest BCUT2D eigenvalue weighted by Gasteiger charge is 2.59. The molecule has 4 rings (SSSR count). The summed E-state index contributed by atoms with van der Waals surface area (Å²) in [5.41, 5.74) is -0.231. The summed E-state index contributed by atoms with van der Waals surface area (Å²) in [6.45, 7) is 1.69. The van der Waals surface area contributed by atoms with E-state index in [1.165, 1.54) is 4.88 Å². The smallest absolute Gasteiger partial charge is 0.244 e. The number of rotatable bonds is 4. The lowest BCUT2D eigenvalue weighted by molar-refractivity contribution is -0.131. The van der Waals surface area contributed by atoms with Gasteiger partial charge in [0.2, 0.25) is 5.91 Å². The highest BCUT2D eigenvalue weighted by molar-refractivity contribution is 7.10. The molecule has 20 heavy (non-hydrogen) atoms. The predicted octanol–water partition coefficient (Wildman–Crippen LogP) is 2.28. The third-order valence-corrected chi connectivity index (χ3v) is 5.60. The van der Waals surface area contributed by atoms with E-state index < -0.39 is 0 Å². The Labute approximate surface area is 123 Å². The summed E-state index contributed by atoms with van der Waals surface area (Å²) in [5.74, 6) is 0.300. The van der Waals surface area contributed by atoms with Crippen molar-refractivity contribution in [1.82, 2.24) is 10.2 Å². The van der Waals surface area contributed by atoms with Crippen molar-refractivity contribution in [3.8, 4) is 0 Å². The largest absolute Gasteiger partial charge is 0.378 e. The van der Waals surface area contributed by atoms with Gasteiger partial charge in [0.1, 0.15) is 11.7 Å².